The minimum atomic E-state index is -0.479. The normalized spacial score (nSPS) is 10.2. The molecular formula is C21H16NO2S+. The van der Waals surface area contributed by atoms with Crippen LogP contribution in [-0.4, -0.2) is 12.6 Å². The van der Waals surface area contributed by atoms with Crippen molar-refractivity contribution in [2.45, 2.75) is 14.7 Å². The number of benzene rings is 3. The molecule has 0 bridgehead atoms. The van der Waals surface area contributed by atoms with E-state index in [4.69, 9.17) is 10.00 Å². The number of nitrogens with zero attached hydrogens (tertiary/aromatic N) is 1. The molecule has 0 aliphatic rings. The van der Waals surface area contributed by atoms with Gasteiger partial charge in [0, 0.05) is 6.07 Å². The van der Waals surface area contributed by atoms with Crippen molar-refractivity contribution >= 4 is 16.9 Å². The van der Waals surface area contributed by atoms with E-state index in [0.717, 1.165) is 4.90 Å². The van der Waals surface area contributed by atoms with Crippen LogP contribution < -0.4 is 0 Å². The maximum Gasteiger partial charge on any atom is 0.339 e. The van der Waals surface area contributed by atoms with Crippen LogP contribution in [0.5, 0.6) is 0 Å². The third-order valence-electron chi connectivity index (χ3n) is 3.53. The fourth-order valence-electron chi connectivity index (χ4n) is 2.45. The van der Waals surface area contributed by atoms with Gasteiger partial charge in [0.2, 0.25) is 0 Å². The van der Waals surface area contributed by atoms with E-state index >= 15 is 0 Å². The third kappa shape index (κ3) is 4.09. The van der Waals surface area contributed by atoms with Gasteiger partial charge in [-0.25, -0.2) is 4.79 Å². The van der Waals surface area contributed by atoms with Crippen molar-refractivity contribution in [1.82, 2.24) is 0 Å². The van der Waals surface area contributed by atoms with Gasteiger partial charge in [0.1, 0.15) is 6.07 Å². The Hall–Kier alpha value is -3.03. The minimum Gasteiger partial charge on any atom is -0.447 e. The molecule has 0 atom stereocenters. The van der Waals surface area contributed by atoms with Crippen LogP contribution in [0.25, 0.3) is 0 Å². The van der Waals surface area contributed by atoms with Gasteiger partial charge in [-0.3, -0.25) is 0 Å². The van der Waals surface area contributed by atoms with Gasteiger partial charge in [0.25, 0.3) is 0 Å². The Bertz CT molecular complexity index is 849. The molecular weight excluding hydrogens is 330 g/mol. The summed E-state index contributed by atoms with van der Waals surface area (Å²) in [4.78, 5) is 15.5. The summed E-state index contributed by atoms with van der Waals surface area (Å²) in [6, 6.07) is 29.7. The minimum absolute atomic E-state index is 0.244. The average Bonchev–Trinajstić information content (AvgIpc) is 2.68. The lowest BCUT2D eigenvalue weighted by Gasteiger charge is -2.09. The van der Waals surface area contributed by atoms with Crippen molar-refractivity contribution in [2.75, 3.05) is 6.61 Å². The van der Waals surface area contributed by atoms with Crippen molar-refractivity contribution < 1.29 is 9.53 Å². The largest absolute Gasteiger partial charge is 0.447 e. The Labute approximate surface area is 149 Å². The highest BCUT2D eigenvalue weighted by Crippen LogP contribution is 2.31. The summed E-state index contributed by atoms with van der Waals surface area (Å²) >= 11 is 0. The molecule has 3 aromatic carbocycles. The molecule has 0 amide bonds. The van der Waals surface area contributed by atoms with Crippen LogP contribution in [-0.2, 0) is 15.6 Å². The zero-order valence-electron chi connectivity index (χ0n) is 13.5. The first-order valence-corrected chi connectivity index (χ1v) is 9.00. The van der Waals surface area contributed by atoms with Crippen LogP contribution in [0.3, 0.4) is 0 Å². The summed E-state index contributed by atoms with van der Waals surface area (Å²) in [7, 11) is -0.320. The van der Waals surface area contributed by atoms with Crippen LogP contribution in [0.1, 0.15) is 10.4 Å². The second kappa shape index (κ2) is 8.18. The van der Waals surface area contributed by atoms with Gasteiger partial charge >= 0.3 is 5.97 Å². The van der Waals surface area contributed by atoms with Crippen molar-refractivity contribution in [3.05, 3.63) is 90.5 Å². The lowest BCUT2D eigenvalue weighted by molar-refractivity contribution is 0.0554. The van der Waals surface area contributed by atoms with E-state index in [1.807, 2.05) is 60.7 Å². The topological polar surface area (TPSA) is 50.1 Å². The zero-order valence-corrected chi connectivity index (χ0v) is 14.3. The number of hydrogen-bond donors (Lipinski definition) is 0. The monoisotopic (exact) mass is 346 g/mol. The van der Waals surface area contributed by atoms with Gasteiger partial charge in [0.05, 0.1) is 16.5 Å². The van der Waals surface area contributed by atoms with Crippen LogP contribution in [0.2, 0.25) is 0 Å². The molecule has 0 heterocycles. The molecule has 3 aromatic rings. The third-order valence-corrected chi connectivity index (χ3v) is 5.74. The number of rotatable bonds is 5. The Kier molecular flexibility index (Phi) is 5.50. The molecule has 0 aromatic heterocycles. The Morgan fingerprint density at radius 2 is 1.40 bits per heavy atom. The summed E-state index contributed by atoms with van der Waals surface area (Å²) in [5.74, 6) is -0.479. The summed E-state index contributed by atoms with van der Waals surface area (Å²) in [6.07, 6.45) is 0. The Balaban J connectivity index is 2.03. The van der Waals surface area contributed by atoms with Crippen molar-refractivity contribution in [3.63, 3.8) is 0 Å². The highest BCUT2D eigenvalue weighted by atomic mass is 32.2. The number of hydrogen-bond acceptors (Lipinski definition) is 3. The summed E-state index contributed by atoms with van der Waals surface area (Å²) in [5.41, 5.74) is 0.456. The fourth-order valence-corrected chi connectivity index (χ4v) is 4.59. The quantitative estimate of drug-likeness (QED) is 0.506. The lowest BCUT2D eigenvalue weighted by Crippen LogP contribution is -2.09. The molecule has 4 heteroatoms. The number of ether oxygens (including phenoxy) is 1. The van der Waals surface area contributed by atoms with E-state index in [0.29, 0.717) is 5.56 Å². The molecule has 25 heavy (non-hydrogen) atoms. The van der Waals surface area contributed by atoms with Crippen molar-refractivity contribution in [1.29, 1.82) is 5.26 Å². The molecule has 3 nitrogen and oxygen atoms in total. The Morgan fingerprint density at radius 1 is 0.840 bits per heavy atom. The SMILES string of the molecule is N#CCOC(=O)c1cccc([S+](c2ccccc2)c2ccccc2)c1. The van der Waals surface area contributed by atoms with E-state index in [2.05, 4.69) is 24.3 Å². The smallest absolute Gasteiger partial charge is 0.339 e. The molecule has 0 spiro atoms. The van der Waals surface area contributed by atoms with Crippen LogP contribution in [0, 0.1) is 11.3 Å². The maximum absolute atomic E-state index is 12.1. The number of nitriles is 1. The molecule has 122 valence electrons. The molecule has 0 saturated carbocycles. The van der Waals surface area contributed by atoms with Crippen molar-refractivity contribution in [3.8, 4) is 6.07 Å². The summed E-state index contributed by atoms with van der Waals surface area (Å²) < 4.78 is 4.93. The standard InChI is InChI=1S/C21H16NO2S/c22-14-15-24-21(23)17-8-7-13-20(16-17)25(18-9-3-1-4-10-18)19-11-5-2-6-12-19/h1-13,16H,15H2/q+1. The molecule has 0 radical (unpaired) electrons. The summed E-state index contributed by atoms with van der Waals surface area (Å²) in [5, 5.41) is 8.58. The first-order chi connectivity index (χ1) is 12.3. The van der Waals surface area contributed by atoms with Crippen LogP contribution in [0.4, 0.5) is 0 Å². The molecule has 0 saturated heterocycles. The second-order valence-electron chi connectivity index (χ2n) is 5.19. The predicted molar refractivity (Wildman–Crippen MR) is 97.4 cm³/mol. The highest BCUT2D eigenvalue weighted by Gasteiger charge is 2.29. The number of carbonyl (C=O) groups is 1. The predicted octanol–water partition coefficient (Wildman–Crippen LogP) is 4.46. The Morgan fingerprint density at radius 3 is 1.96 bits per heavy atom. The summed E-state index contributed by atoms with van der Waals surface area (Å²) in [6.45, 7) is -0.244. The highest BCUT2D eigenvalue weighted by molar-refractivity contribution is 7.97. The maximum atomic E-state index is 12.1. The van der Waals surface area contributed by atoms with E-state index in [1.165, 1.54) is 9.79 Å². The molecule has 0 fully saturated rings. The molecule has 0 aliphatic carbocycles. The van der Waals surface area contributed by atoms with Gasteiger partial charge in [0.15, 0.2) is 21.3 Å². The van der Waals surface area contributed by atoms with Gasteiger partial charge in [-0.2, -0.15) is 5.26 Å². The first-order valence-electron chi connectivity index (χ1n) is 7.78. The van der Waals surface area contributed by atoms with Gasteiger partial charge in [-0.1, -0.05) is 42.5 Å². The second-order valence-corrected chi connectivity index (χ2v) is 7.22. The molecule has 0 unspecified atom stereocenters. The zero-order chi connectivity index (χ0) is 17.5. The molecule has 0 N–H and O–H groups in total. The van der Waals surface area contributed by atoms with E-state index < -0.39 is 5.97 Å². The van der Waals surface area contributed by atoms with E-state index in [9.17, 15) is 4.79 Å². The average molecular weight is 346 g/mol. The fraction of sp³-hybridized carbons (Fsp3) is 0.0476. The van der Waals surface area contributed by atoms with Crippen LogP contribution >= 0.6 is 0 Å². The van der Waals surface area contributed by atoms with E-state index in [-0.39, 0.29) is 17.5 Å². The molecule has 3 rings (SSSR count). The van der Waals surface area contributed by atoms with Gasteiger partial charge < -0.3 is 4.74 Å². The van der Waals surface area contributed by atoms with Crippen molar-refractivity contribution in [2.24, 2.45) is 0 Å². The molecule has 0 aliphatic heterocycles. The van der Waals surface area contributed by atoms with Crippen LogP contribution in [0.15, 0.2) is 99.6 Å². The first kappa shape index (κ1) is 16.8. The lowest BCUT2D eigenvalue weighted by atomic mass is 10.2. The van der Waals surface area contributed by atoms with Gasteiger partial charge in [-0.15, -0.1) is 0 Å². The van der Waals surface area contributed by atoms with E-state index in [1.54, 1.807) is 6.07 Å². The number of carbonyl (C=O) groups excluding carboxylic acids is 1. The number of esters is 1. The van der Waals surface area contributed by atoms with Gasteiger partial charge in [-0.05, 0) is 36.4 Å².